The second kappa shape index (κ2) is 9.94. The molecule has 0 N–H and O–H groups in total. The van der Waals surface area contributed by atoms with Crippen molar-refractivity contribution in [2.24, 2.45) is 5.92 Å². The normalized spacial score (nSPS) is 16.5. The highest BCUT2D eigenvalue weighted by molar-refractivity contribution is 5.76. The molecule has 6 heteroatoms. The Hall–Kier alpha value is -3.04. The third kappa shape index (κ3) is 4.87. The molecule has 1 heterocycles. The Bertz CT molecular complexity index is 825. The van der Waals surface area contributed by atoms with Crippen molar-refractivity contribution in [2.45, 2.75) is 13.0 Å². The van der Waals surface area contributed by atoms with Gasteiger partial charge in [-0.15, -0.1) is 0 Å². The van der Waals surface area contributed by atoms with Crippen molar-refractivity contribution in [1.82, 2.24) is 4.90 Å². The molecule has 3 rings (SSSR count). The monoisotopic (exact) mass is 393 g/mol. The van der Waals surface area contributed by atoms with Crippen LogP contribution in [0.1, 0.15) is 18.5 Å². The minimum atomic E-state index is -0.883. The Labute approximate surface area is 172 Å². The number of nitriles is 1. The van der Waals surface area contributed by atoms with E-state index in [1.165, 1.54) is 5.69 Å². The maximum absolute atomic E-state index is 12.5. The van der Waals surface area contributed by atoms with E-state index in [0.29, 0.717) is 0 Å². The number of carbonyl (C=O) groups excluding carboxylic acids is 1. The molecule has 0 radical (unpaired) electrons. The number of rotatable bonds is 7. The van der Waals surface area contributed by atoms with Gasteiger partial charge in [0.2, 0.25) is 0 Å². The number of hydrogen-bond acceptors (Lipinski definition) is 6. The summed E-state index contributed by atoms with van der Waals surface area (Å²) in [6.45, 7) is 5.18. The number of methoxy groups -OCH3 is 1. The molecule has 1 fully saturated rings. The van der Waals surface area contributed by atoms with Gasteiger partial charge in [0.05, 0.1) is 25.8 Å². The van der Waals surface area contributed by atoms with E-state index in [0.717, 1.165) is 37.5 Å². The lowest BCUT2D eigenvalue weighted by atomic mass is 9.91. The first kappa shape index (κ1) is 20.7. The summed E-state index contributed by atoms with van der Waals surface area (Å²) in [6.07, 6.45) is 0. The molecule has 1 aliphatic heterocycles. The number of ether oxygens (including phenoxy) is 2. The summed E-state index contributed by atoms with van der Waals surface area (Å²) in [5, 5.41) is 9.80. The van der Waals surface area contributed by atoms with Crippen LogP contribution in [-0.4, -0.2) is 50.8 Å². The second-order valence-corrected chi connectivity index (χ2v) is 6.94. The summed E-state index contributed by atoms with van der Waals surface area (Å²) in [4.78, 5) is 17.1. The van der Waals surface area contributed by atoms with E-state index in [-0.39, 0.29) is 12.6 Å². The van der Waals surface area contributed by atoms with Crippen molar-refractivity contribution in [1.29, 1.82) is 5.26 Å². The molecule has 29 heavy (non-hydrogen) atoms. The lowest BCUT2D eigenvalue weighted by Gasteiger charge is -2.41. The Morgan fingerprint density at radius 1 is 1.07 bits per heavy atom. The molecule has 0 spiro atoms. The zero-order chi connectivity index (χ0) is 20.6. The van der Waals surface area contributed by atoms with Gasteiger partial charge in [-0.3, -0.25) is 9.69 Å². The van der Waals surface area contributed by atoms with Crippen LogP contribution < -0.4 is 9.64 Å². The van der Waals surface area contributed by atoms with Crippen LogP contribution in [0, 0.1) is 17.2 Å². The average molecular weight is 393 g/mol. The predicted molar refractivity (Wildman–Crippen MR) is 112 cm³/mol. The van der Waals surface area contributed by atoms with Crippen molar-refractivity contribution in [3.63, 3.8) is 0 Å². The zero-order valence-corrected chi connectivity index (χ0v) is 17.0. The fourth-order valence-corrected chi connectivity index (χ4v) is 3.80. The van der Waals surface area contributed by atoms with Gasteiger partial charge in [0, 0.05) is 31.9 Å². The van der Waals surface area contributed by atoms with E-state index in [9.17, 15) is 10.1 Å². The second-order valence-electron chi connectivity index (χ2n) is 6.94. The fourth-order valence-electron chi connectivity index (χ4n) is 3.80. The summed E-state index contributed by atoms with van der Waals surface area (Å²) >= 11 is 0. The number of nitrogens with zero attached hydrogens (tertiary/aromatic N) is 3. The highest BCUT2D eigenvalue weighted by Gasteiger charge is 2.36. The molecule has 0 saturated carbocycles. The minimum Gasteiger partial charge on any atom is -0.497 e. The Morgan fingerprint density at radius 2 is 1.72 bits per heavy atom. The van der Waals surface area contributed by atoms with Gasteiger partial charge in [0.15, 0.2) is 5.92 Å². The highest BCUT2D eigenvalue weighted by atomic mass is 16.5. The molecule has 0 bridgehead atoms. The number of esters is 1. The van der Waals surface area contributed by atoms with Gasteiger partial charge in [-0.2, -0.15) is 5.26 Å². The number of para-hydroxylation sites is 1. The first-order valence-electron chi connectivity index (χ1n) is 9.92. The van der Waals surface area contributed by atoms with Crippen LogP contribution in [-0.2, 0) is 9.53 Å². The number of benzene rings is 2. The largest absolute Gasteiger partial charge is 0.497 e. The minimum absolute atomic E-state index is 0.258. The maximum Gasteiger partial charge on any atom is 0.325 e. The molecule has 0 amide bonds. The first-order chi connectivity index (χ1) is 14.2. The van der Waals surface area contributed by atoms with Crippen molar-refractivity contribution in [3.05, 3.63) is 60.2 Å². The van der Waals surface area contributed by atoms with Gasteiger partial charge >= 0.3 is 5.97 Å². The fraction of sp³-hybridized carbons (Fsp3) is 0.391. The van der Waals surface area contributed by atoms with E-state index < -0.39 is 11.9 Å². The van der Waals surface area contributed by atoms with Crippen LogP contribution in [0.15, 0.2) is 54.6 Å². The van der Waals surface area contributed by atoms with Gasteiger partial charge in [-0.1, -0.05) is 30.3 Å². The molecule has 2 aromatic carbocycles. The average Bonchev–Trinajstić information content (AvgIpc) is 2.78. The van der Waals surface area contributed by atoms with Gasteiger partial charge in [0.1, 0.15) is 5.75 Å². The molecule has 0 aliphatic carbocycles. The first-order valence-corrected chi connectivity index (χ1v) is 9.92. The smallest absolute Gasteiger partial charge is 0.325 e. The van der Waals surface area contributed by atoms with E-state index in [1.807, 2.05) is 42.5 Å². The standard InChI is InChI=1S/C23H27N3O3/c1-3-29-23(27)21(17-24)22(18-9-11-20(28-2)12-10-18)26-15-13-25(14-16-26)19-7-5-4-6-8-19/h4-12,21-22H,3,13-16H2,1-2H3/t21-,22-/m1/s1. The summed E-state index contributed by atoms with van der Waals surface area (Å²) in [5.41, 5.74) is 2.11. The van der Waals surface area contributed by atoms with E-state index in [1.54, 1.807) is 14.0 Å². The molecular weight excluding hydrogens is 366 g/mol. The Morgan fingerprint density at radius 3 is 2.28 bits per heavy atom. The summed E-state index contributed by atoms with van der Waals surface area (Å²) in [5.74, 6) is -0.612. The van der Waals surface area contributed by atoms with Crippen LogP contribution in [0.2, 0.25) is 0 Å². The summed E-state index contributed by atoms with van der Waals surface area (Å²) < 4.78 is 10.5. The molecule has 1 saturated heterocycles. The van der Waals surface area contributed by atoms with Gasteiger partial charge in [0.25, 0.3) is 0 Å². The quantitative estimate of drug-likeness (QED) is 0.673. The number of anilines is 1. The summed E-state index contributed by atoms with van der Waals surface area (Å²) in [7, 11) is 1.62. The molecule has 0 unspecified atom stereocenters. The molecular formula is C23H27N3O3. The molecule has 2 atom stereocenters. The SMILES string of the molecule is CCOC(=O)[C@H](C#N)[C@@H](c1ccc(OC)cc1)N1CCN(c2ccccc2)CC1. The van der Waals surface area contributed by atoms with Gasteiger partial charge in [-0.05, 0) is 36.8 Å². The van der Waals surface area contributed by atoms with Crippen molar-refractivity contribution < 1.29 is 14.3 Å². The van der Waals surface area contributed by atoms with Crippen LogP contribution in [0.3, 0.4) is 0 Å². The molecule has 1 aliphatic rings. The maximum atomic E-state index is 12.5. The van der Waals surface area contributed by atoms with E-state index in [4.69, 9.17) is 9.47 Å². The van der Waals surface area contributed by atoms with E-state index in [2.05, 4.69) is 28.0 Å². The van der Waals surface area contributed by atoms with Gasteiger partial charge < -0.3 is 14.4 Å². The molecule has 0 aromatic heterocycles. The van der Waals surface area contributed by atoms with Crippen LogP contribution >= 0.6 is 0 Å². The topological polar surface area (TPSA) is 65.8 Å². The number of hydrogen-bond donors (Lipinski definition) is 0. The molecule has 6 nitrogen and oxygen atoms in total. The van der Waals surface area contributed by atoms with Crippen LogP contribution in [0.25, 0.3) is 0 Å². The van der Waals surface area contributed by atoms with Crippen molar-refractivity contribution in [3.8, 4) is 11.8 Å². The van der Waals surface area contributed by atoms with E-state index >= 15 is 0 Å². The van der Waals surface area contributed by atoms with Crippen molar-refractivity contribution >= 4 is 11.7 Å². The Balaban J connectivity index is 1.83. The molecule has 2 aromatic rings. The highest BCUT2D eigenvalue weighted by Crippen LogP contribution is 2.32. The van der Waals surface area contributed by atoms with Crippen LogP contribution in [0.4, 0.5) is 5.69 Å². The summed E-state index contributed by atoms with van der Waals surface area (Å²) in [6, 6.07) is 19.7. The zero-order valence-electron chi connectivity index (χ0n) is 17.0. The van der Waals surface area contributed by atoms with Crippen LogP contribution in [0.5, 0.6) is 5.75 Å². The molecule has 152 valence electrons. The predicted octanol–water partition coefficient (Wildman–Crippen LogP) is 3.26. The Kier molecular flexibility index (Phi) is 7.09. The number of carbonyl (C=O) groups is 1. The van der Waals surface area contributed by atoms with Gasteiger partial charge in [-0.25, -0.2) is 0 Å². The lowest BCUT2D eigenvalue weighted by molar-refractivity contribution is -0.148. The third-order valence-electron chi connectivity index (χ3n) is 5.28. The van der Waals surface area contributed by atoms with Crippen molar-refractivity contribution in [2.75, 3.05) is 44.8 Å². The number of piperazine rings is 1. The lowest BCUT2D eigenvalue weighted by Crippen LogP contribution is -2.50. The third-order valence-corrected chi connectivity index (χ3v) is 5.28.